The summed E-state index contributed by atoms with van der Waals surface area (Å²) in [6.45, 7) is 6.39. The lowest BCUT2D eigenvalue weighted by Gasteiger charge is -2.05. The van der Waals surface area contributed by atoms with Crippen molar-refractivity contribution in [3.63, 3.8) is 0 Å². The maximum absolute atomic E-state index is 12.6. The Hall–Kier alpha value is -2.25. The van der Waals surface area contributed by atoms with Crippen molar-refractivity contribution >= 4 is 34.0 Å². The number of nitrogens with one attached hydrogen (secondary N) is 1. The van der Waals surface area contributed by atoms with E-state index in [9.17, 15) is 4.79 Å². The minimum atomic E-state index is -0.318. The second-order valence-corrected chi connectivity index (χ2v) is 7.52. The molecule has 0 spiro atoms. The van der Waals surface area contributed by atoms with Crippen LogP contribution in [0.25, 0.3) is 0 Å². The Kier molecular flexibility index (Phi) is 5.68. The van der Waals surface area contributed by atoms with Crippen LogP contribution < -0.4 is 5.32 Å². The van der Waals surface area contributed by atoms with Crippen molar-refractivity contribution in [2.24, 2.45) is 0 Å². The van der Waals surface area contributed by atoms with E-state index in [0.29, 0.717) is 28.1 Å². The van der Waals surface area contributed by atoms with Gasteiger partial charge in [0.05, 0.1) is 17.8 Å². The first-order valence-corrected chi connectivity index (χ1v) is 9.59. The van der Waals surface area contributed by atoms with Crippen LogP contribution in [0.2, 0.25) is 5.15 Å². The number of nitrogens with zero attached hydrogens (tertiary/aromatic N) is 4. The number of aromatic nitrogens is 4. The molecule has 8 heteroatoms. The zero-order valence-electron chi connectivity index (χ0n) is 14.9. The minimum absolute atomic E-state index is 0.318. The van der Waals surface area contributed by atoms with E-state index in [1.54, 1.807) is 11.6 Å². The van der Waals surface area contributed by atoms with Crippen LogP contribution >= 0.6 is 22.9 Å². The van der Waals surface area contributed by atoms with Gasteiger partial charge in [-0.05, 0) is 25.8 Å². The van der Waals surface area contributed by atoms with E-state index >= 15 is 0 Å². The summed E-state index contributed by atoms with van der Waals surface area (Å²) in [6.07, 6.45) is 1.83. The lowest BCUT2D eigenvalue weighted by molar-refractivity contribution is 0.102. The standard InChI is InChI=1S/C18H20ClN5OS/c1-4-5-14-21-22-18(26-14)20-17(25)15-12(3)23-24(16(15)19)10-13-8-6-11(2)7-9-13/h6-9H,4-5,10H2,1-3H3,(H,20,22,25). The predicted octanol–water partition coefficient (Wildman–Crippen LogP) is 4.26. The lowest BCUT2D eigenvalue weighted by atomic mass is 10.1. The summed E-state index contributed by atoms with van der Waals surface area (Å²) in [6, 6.07) is 8.13. The van der Waals surface area contributed by atoms with Gasteiger partial charge in [-0.25, -0.2) is 4.68 Å². The van der Waals surface area contributed by atoms with Gasteiger partial charge in [-0.15, -0.1) is 10.2 Å². The van der Waals surface area contributed by atoms with Gasteiger partial charge in [0, 0.05) is 6.42 Å². The molecule has 0 aliphatic heterocycles. The number of rotatable bonds is 6. The van der Waals surface area contributed by atoms with Gasteiger partial charge in [0.2, 0.25) is 5.13 Å². The fraction of sp³-hybridized carbons (Fsp3) is 0.333. The number of hydrogen-bond acceptors (Lipinski definition) is 5. The fourth-order valence-electron chi connectivity index (χ4n) is 2.56. The van der Waals surface area contributed by atoms with E-state index in [0.717, 1.165) is 23.4 Å². The van der Waals surface area contributed by atoms with E-state index in [1.165, 1.54) is 16.9 Å². The van der Waals surface area contributed by atoms with Gasteiger partial charge in [0.1, 0.15) is 10.2 Å². The molecule has 26 heavy (non-hydrogen) atoms. The van der Waals surface area contributed by atoms with E-state index in [2.05, 4.69) is 27.5 Å². The molecule has 2 aromatic heterocycles. The van der Waals surface area contributed by atoms with Gasteiger partial charge < -0.3 is 0 Å². The van der Waals surface area contributed by atoms with E-state index in [1.807, 2.05) is 31.2 Å². The van der Waals surface area contributed by atoms with Crippen LogP contribution in [-0.4, -0.2) is 25.9 Å². The van der Waals surface area contributed by atoms with Crippen molar-refractivity contribution in [2.45, 2.75) is 40.2 Å². The number of carbonyl (C=O) groups excluding carboxylic acids is 1. The van der Waals surface area contributed by atoms with Crippen LogP contribution in [0.5, 0.6) is 0 Å². The molecule has 3 rings (SSSR count). The van der Waals surface area contributed by atoms with Gasteiger partial charge in [0.15, 0.2) is 0 Å². The predicted molar refractivity (Wildman–Crippen MR) is 104 cm³/mol. The van der Waals surface area contributed by atoms with Crippen molar-refractivity contribution in [3.8, 4) is 0 Å². The molecule has 0 saturated heterocycles. The second kappa shape index (κ2) is 7.97. The molecule has 1 amide bonds. The third kappa shape index (κ3) is 4.11. The summed E-state index contributed by atoms with van der Waals surface area (Å²) in [4.78, 5) is 12.6. The highest BCUT2D eigenvalue weighted by atomic mass is 35.5. The first kappa shape index (κ1) is 18.5. The average molecular weight is 390 g/mol. The van der Waals surface area contributed by atoms with Crippen molar-refractivity contribution < 1.29 is 4.79 Å². The zero-order valence-corrected chi connectivity index (χ0v) is 16.5. The zero-order chi connectivity index (χ0) is 18.7. The van der Waals surface area contributed by atoms with Gasteiger partial charge in [0.25, 0.3) is 5.91 Å². The topological polar surface area (TPSA) is 72.7 Å². The quantitative estimate of drug-likeness (QED) is 0.683. The summed E-state index contributed by atoms with van der Waals surface area (Å²) in [7, 11) is 0. The van der Waals surface area contributed by atoms with Crippen molar-refractivity contribution in [1.82, 2.24) is 20.0 Å². The van der Waals surface area contributed by atoms with Crippen molar-refractivity contribution in [1.29, 1.82) is 0 Å². The van der Waals surface area contributed by atoms with Crippen LogP contribution in [0.3, 0.4) is 0 Å². The summed E-state index contributed by atoms with van der Waals surface area (Å²) < 4.78 is 1.64. The fourth-order valence-corrected chi connectivity index (χ4v) is 3.72. The monoisotopic (exact) mass is 389 g/mol. The first-order chi connectivity index (χ1) is 12.5. The Balaban J connectivity index is 1.77. The number of halogens is 1. The Morgan fingerprint density at radius 1 is 1.23 bits per heavy atom. The van der Waals surface area contributed by atoms with Gasteiger partial charge in [-0.3, -0.25) is 10.1 Å². The first-order valence-electron chi connectivity index (χ1n) is 8.40. The number of hydrogen-bond donors (Lipinski definition) is 1. The Morgan fingerprint density at radius 3 is 2.65 bits per heavy atom. The third-order valence-corrected chi connectivity index (χ3v) is 5.18. The van der Waals surface area contributed by atoms with E-state index in [-0.39, 0.29) is 5.91 Å². The molecule has 0 bridgehead atoms. The van der Waals surface area contributed by atoms with Gasteiger partial charge in [-0.1, -0.05) is 59.7 Å². The highest BCUT2D eigenvalue weighted by molar-refractivity contribution is 7.15. The van der Waals surface area contributed by atoms with Gasteiger partial charge >= 0.3 is 0 Å². The highest BCUT2D eigenvalue weighted by Crippen LogP contribution is 2.24. The largest absolute Gasteiger partial charge is 0.296 e. The molecule has 1 N–H and O–H groups in total. The summed E-state index contributed by atoms with van der Waals surface area (Å²) in [5, 5.41) is 17.0. The average Bonchev–Trinajstić information content (AvgIpc) is 3.14. The number of aryl methyl sites for hydroxylation is 3. The second-order valence-electron chi connectivity index (χ2n) is 6.10. The number of amides is 1. The molecule has 6 nitrogen and oxygen atoms in total. The molecule has 1 aromatic carbocycles. The summed E-state index contributed by atoms with van der Waals surface area (Å²) in [5.41, 5.74) is 3.21. The molecule has 0 atom stereocenters. The molecule has 0 saturated carbocycles. The van der Waals surface area contributed by atoms with Crippen LogP contribution in [0.4, 0.5) is 5.13 Å². The van der Waals surface area contributed by atoms with Crippen LogP contribution in [-0.2, 0) is 13.0 Å². The summed E-state index contributed by atoms with van der Waals surface area (Å²) >= 11 is 7.81. The van der Waals surface area contributed by atoms with Crippen LogP contribution in [0.1, 0.15) is 45.5 Å². The minimum Gasteiger partial charge on any atom is -0.296 e. The highest BCUT2D eigenvalue weighted by Gasteiger charge is 2.21. The Bertz CT molecular complexity index is 916. The van der Waals surface area contributed by atoms with Crippen molar-refractivity contribution in [3.05, 3.63) is 56.8 Å². The Labute approximate surface area is 161 Å². The van der Waals surface area contributed by atoms with Crippen LogP contribution in [0, 0.1) is 13.8 Å². The van der Waals surface area contributed by atoms with Crippen molar-refractivity contribution in [2.75, 3.05) is 5.32 Å². The van der Waals surface area contributed by atoms with Gasteiger partial charge in [-0.2, -0.15) is 5.10 Å². The molecule has 0 aliphatic rings. The Morgan fingerprint density at radius 2 is 1.96 bits per heavy atom. The number of carbonyl (C=O) groups is 1. The third-order valence-electron chi connectivity index (χ3n) is 3.90. The maximum atomic E-state index is 12.6. The molecule has 0 aliphatic carbocycles. The smallest absolute Gasteiger partial charge is 0.262 e. The molecule has 2 heterocycles. The molecular formula is C18H20ClN5OS. The lowest BCUT2D eigenvalue weighted by Crippen LogP contribution is -2.13. The molecular weight excluding hydrogens is 370 g/mol. The number of anilines is 1. The molecule has 3 aromatic rings. The van der Waals surface area contributed by atoms with E-state index < -0.39 is 0 Å². The normalized spacial score (nSPS) is 10.9. The maximum Gasteiger partial charge on any atom is 0.262 e. The molecule has 0 radical (unpaired) electrons. The molecule has 0 fully saturated rings. The SMILES string of the molecule is CCCc1nnc(NC(=O)c2c(C)nn(Cc3ccc(C)cc3)c2Cl)s1. The van der Waals surface area contributed by atoms with E-state index in [4.69, 9.17) is 11.6 Å². The summed E-state index contributed by atoms with van der Waals surface area (Å²) in [5.74, 6) is -0.318. The molecule has 136 valence electrons. The van der Waals surface area contributed by atoms with Crippen LogP contribution in [0.15, 0.2) is 24.3 Å². The number of benzene rings is 1. The molecule has 0 unspecified atom stereocenters.